The van der Waals surface area contributed by atoms with E-state index < -0.39 is 0 Å². The molecule has 1 fully saturated rings. The number of hydrogen-bond donors (Lipinski definition) is 0. The summed E-state index contributed by atoms with van der Waals surface area (Å²) in [6, 6.07) is 0. The Kier molecular flexibility index (Phi) is 2.46. The number of cyclic esters (lactones) is 1. The molecule has 2 aliphatic heterocycles. The molecular weight excluding hydrogens is 194 g/mol. The number of fused-ring (bicyclic) bond motifs is 1. The molecule has 2 rings (SSSR count). The van der Waals surface area contributed by atoms with Gasteiger partial charge in [0, 0.05) is 6.54 Å². The normalized spacial score (nSPS) is 26.1. The van der Waals surface area contributed by atoms with Gasteiger partial charge in [-0.05, 0) is 33.3 Å². The Balaban J connectivity index is 2.05. The maximum Gasteiger partial charge on any atom is 0.414 e. The third kappa shape index (κ3) is 2.31. The summed E-state index contributed by atoms with van der Waals surface area (Å²) in [5.41, 5.74) is 0.799. The SMILES string of the molecule is CC(C)(C)OC1C=C2COC(=O)N2CC1. The van der Waals surface area contributed by atoms with Gasteiger partial charge in [0.1, 0.15) is 6.61 Å². The Labute approximate surface area is 89.8 Å². The van der Waals surface area contributed by atoms with Crippen molar-refractivity contribution in [2.45, 2.75) is 38.9 Å². The van der Waals surface area contributed by atoms with Gasteiger partial charge in [0.25, 0.3) is 0 Å². The predicted octanol–water partition coefficient (Wildman–Crippen LogP) is 1.91. The van der Waals surface area contributed by atoms with Gasteiger partial charge in [-0.2, -0.15) is 0 Å². The third-order valence-electron chi connectivity index (χ3n) is 2.43. The summed E-state index contributed by atoms with van der Waals surface area (Å²) in [6.07, 6.45) is 2.72. The molecule has 0 aromatic carbocycles. The Morgan fingerprint density at radius 2 is 2.27 bits per heavy atom. The van der Waals surface area contributed by atoms with Crippen molar-refractivity contribution in [3.8, 4) is 0 Å². The van der Waals surface area contributed by atoms with Crippen molar-refractivity contribution < 1.29 is 14.3 Å². The second kappa shape index (κ2) is 3.52. The van der Waals surface area contributed by atoms with Gasteiger partial charge in [0.2, 0.25) is 0 Å². The Bertz CT molecular complexity index is 303. The summed E-state index contributed by atoms with van der Waals surface area (Å²) >= 11 is 0. The molecule has 0 aromatic heterocycles. The number of ether oxygens (including phenoxy) is 2. The van der Waals surface area contributed by atoms with Crippen LogP contribution in [-0.4, -0.2) is 35.8 Å². The lowest BCUT2D eigenvalue weighted by Crippen LogP contribution is -2.35. The zero-order chi connectivity index (χ0) is 11.1. The van der Waals surface area contributed by atoms with Gasteiger partial charge in [0.15, 0.2) is 0 Å². The smallest absolute Gasteiger partial charge is 0.414 e. The molecule has 1 amide bonds. The minimum absolute atomic E-state index is 0.103. The van der Waals surface area contributed by atoms with E-state index >= 15 is 0 Å². The topological polar surface area (TPSA) is 38.8 Å². The van der Waals surface area contributed by atoms with Crippen molar-refractivity contribution in [1.29, 1.82) is 0 Å². The van der Waals surface area contributed by atoms with Crippen LogP contribution in [0.15, 0.2) is 11.8 Å². The first-order chi connectivity index (χ1) is 6.96. The van der Waals surface area contributed by atoms with Crippen molar-refractivity contribution in [1.82, 2.24) is 4.90 Å². The van der Waals surface area contributed by atoms with E-state index in [1.54, 1.807) is 4.90 Å². The van der Waals surface area contributed by atoms with E-state index in [9.17, 15) is 4.79 Å². The summed E-state index contributed by atoms with van der Waals surface area (Å²) in [4.78, 5) is 12.9. The molecule has 0 aromatic rings. The first-order valence-corrected chi connectivity index (χ1v) is 5.28. The molecule has 0 aliphatic carbocycles. The molecular formula is C11H17NO3. The minimum Gasteiger partial charge on any atom is -0.443 e. The summed E-state index contributed by atoms with van der Waals surface area (Å²) in [5.74, 6) is 0. The van der Waals surface area contributed by atoms with Crippen LogP contribution in [0.3, 0.4) is 0 Å². The lowest BCUT2D eigenvalue weighted by molar-refractivity contribution is -0.0457. The number of hydrogen-bond acceptors (Lipinski definition) is 3. The van der Waals surface area contributed by atoms with Gasteiger partial charge < -0.3 is 9.47 Å². The fourth-order valence-corrected chi connectivity index (χ4v) is 1.88. The molecule has 0 N–H and O–H groups in total. The number of nitrogens with zero attached hydrogens (tertiary/aromatic N) is 1. The van der Waals surface area contributed by atoms with E-state index in [-0.39, 0.29) is 17.8 Å². The van der Waals surface area contributed by atoms with Gasteiger partial charge >= 0.3 is 6.09 Å². The van der Waals surface area contributed by atoms with Crippen LogP contribution in [0.1, 0.15) is 27.2 Å². The Morgan fingerprint density at radius 1 is 1.53 bits per heavy atom. The Hall–Kier alpha value is -1.03. The monoisotopic (exact) mass is 211 g/mol. The average Bonchev–Trinajstić information content (AvgIpc) is 2.45. The highest BCUT2D eigenvalue weighted by Gasteiger charge is 2.33. The second-order valence-corrected chi connectivity index (χ2v) is 4.92. The minimum atomic E-state index is -0.226. The summed E-state index contributed by atoms with van der Waals surface area (Å²) in [7, 11) is 0. The first kappa shape index (κ1) is 10.5. The van der Waals surface area contributed by atoms with Crippen LogP contribution in [0.5, 0.6) is 0 Å². The quantitative estimate of drug-likeness (QED) is 0.665. The van der Waals surface area contributed by atoms with Gasteiger partial charge in [-0.15, -0.1) is 0 Å². The van der Waals surface area contributed by atoms with Crippen LogP contribution in [-0.2, 0) is 9.47 Å². The van der Waals surface area contributed by atoms with Crippen molar-refractivity contribution in [2.75, 3.05) is 13.2 Å². The van der Waals surface area contributed by atoms with E-state index in [1.807, 2.05) is 26.8 Å². The molecule has 84 valence electrons. The molecule has 15 heavy (non-hydrogen) atoms. The van der Waals surface area contributed by atoms with E-state index in [2.05, 4.69) is 0 Å². The highest BCUT2D eigenvalue weighted by molar-refractivity contribution is 5.73. The number of carbonyl (C=O) groups excluding carboxylic acids is 1. The molecule has 0 bridgehead atoms. The number of rotatable bonds is 1. The van der Waals surface area contributed by atoms with Crippen LogP contribution in [0.2, 0.25) is 0 Å². The summed E-state index contributed by atoms with van der Waals surface area (Å²) < 4.78 is 10.8. The van der Waals surface area contributed by atoms with E-state index in [0.29, 0.717) is 13.2 Å². The van der Waals surface area contributed by atoms with Crippen LogP contribution < -0.4 is 0 Å². The molecule has 4 nitrogen and oxygen atoms in total. The van der Waals surface area contributed by atoms with Crippen molar-refractivity contribution in [3.05, 3.63) is 11.8 Å². The molecule has 2 heterocycles. The molecule has 0 radical (unpaired) electrons. The van der Waals surface area contributed by atoms with E-state index in [1.165, 1.54) is 0 Å². The summed E-state index contributed by atoms with van der Waals surface area (Å²) in [5, 5.41) is 0. The van der Waals surface area contributed by atoms with Gasteiger partial charge in [-0.25, -0.2) is 4.79 Å². The molecule has 0 spiro atoms. The zero-order valence-corrected chi connectivity index (χ0v) is 9.45. The number of carbonyl (C=O) groups is 1. The highest BCUT2D eigenvalue weighted by atomic mass is 16.6. The molecule has 1 saturated heterocycles. The Morgan fingerprint density at radius 3 is 2.93 bits per heavy atom. The van der Waals surface area contributed by atoms with Gasteiger partial charge in [0.05, 0.1) is 17.4 Å². The third-order valence-corrected chi connectivity index (χ3v) is 2.43. The lowest BCUT2D eigenvalue weighted by atomic mass is 10.1. The molecule has 1 atom stereocenters. The van der Waals surface area contributed by atoms with Crippen LogP contribution in [0.25, 0.3) is 0 Å². The molecule has 4 heteroatoms. The largest absolute Gasteiger partial charge is 0.443 e. The molecule has 0 saturated carbocycles. The predicted molar refractivity (Wildman–Crippen MR) is 55.4 cm³/mol. The van der Waals surface area contributed by atoms with Gasteiger partial charge in [-0.3, -0.25) is 4.90 Å². The van der Waals surface area contributed by atoms with Crippen LogP contribution in [0.4, 0.5) is 4.79 Å². The van der Waals surface area contributed by atoms with Crippen LogP contribution >= 0.6 is 0 Å². The fraction of sp³-hybridized carbons (Fsp3) is 0.727. The standard InChI is InChI=1S/C11H17NO3/c1-11(2,3)15-9-4-5-12-8(6-9)7-14-10(12)13/h6,9H,4-5,7H2,1-3H3. The number of amides is 1. The summed E-state index contributed by atoms with van der Waals surface area (Å²) in [6.45, 7) is 7.20. The average molecular weight is 211 g/mol. The maximum absolute atomic E-state index is 11.2. The maximum atomic E-state index is 11.2. The first-order valence-electron chi connectivity index (χ1n) is 5.28. The molecule has 1 unspecified atom stereocenters. The van der Waals surface area contributed by atoms with Crippen molar-refractivity contribution >= 4 is 6.09 Å². The van der Waals surface area contributed by atoms with E-state index in [0.717, 1.165) is 12.1 Å². The lowest BCUT2D eigenvalue weighted by Gasteiger charge is -2.30. The second-order valence-electron chi connectivity index (χ2n) is 4.92. The van der Waals surface area contributed by atoms with Crippen LogP contribution in [0, 0.1) is 0 Å². The highest BCUT2D eigenvalue weighted by Crippen LogP contribution is 2.25. The van der Waals surface area contributed by atoms with Crippen molar-refractivity contribution in [3.63, 3.8) is 0 Å². The van der Waals surface area contributed by atoms with Gasteiger partial charge in [-0.1, -0.05) is 0 Å². The zero-order valence-electron chi connectivity index (χ0n) is 9.45. The molecule has 2 aliphatic rings. The van der Waals surface area contributed by atoms with Crippen molar-refractivity contribution in [2.24, 2.45) is 0 Å². The van der Waals surface area contributed by atoms with E-state index in [4.69, 9.17) is 9.47 Å². The fourth-order valence-electron chi connectivity index (χ4n) is 1.88.